The van der Waals surface area contributed by atoms with E-state index in [2.05, 4.69) is 24.4 Å². The SMILES string of the molecule is COCCC(C)NC(c1ccccc1)c1ccc(F)cc1. The Kier molecular flexibility index (Phi) is 5.90. The third-order valence-electron chi connectivity index (χ3n) is 3.54. The minimum atomic E-state index is -0.210. The van der Waals surface area contributed by atoms with Crippen LogP contribution in [0, 0.1) is 5.82 Å². The van der Waals surface area contributed by atoms with Crippen molar-refractivity contribution in [2.75, 3.05) is 13.7 Å². The number of benzene rings is 2. The van der Waals surface area contributed by atoms with Gasteiger partial charge in [-0.15, -0.1) is 0 Å². The van der Waals surface area contributed by atoms with Gasteiger partial charge in [-0.3, -0.25) is 0 Å². The third-order valence-corrected chi connectivity index (χ3v) is 3.54. The Balaban J connectivity index is 2.20. The summed E-state index contributed by atoms with van der Waals surface area (Å²) < 4.78 is 18.3. The zero-order valence-corrected chi connectivity index (χ0v) is 12.6. The molecule has 0 bridgehead atoms. The molecule has 0 spiro atoms. The molecule has 2 rings (SSSR count). The molecule has 0 aliphatic heterocycles. The van der Waals surface area contributed by atoms with Gasteiger partial charge in [-0.25, -0.2) is 4.39 Å². The molecule has 0 fully saturated rings. The van der Waals surface area contributed by atoms with Gasteiger partial charge in [0, 0.05) is 19.8 Å². The molecule has 0 heterocycles. The zero-order chi connectivity index (χ0) is 15.1. The van der Waals surface area contributed by atoms with Crippen LogP contribution in [0.15, 0.2) is 54.6 Å². The summed E-state index contributed by atoms with van der Waals surface area (Å²) in [6, 6.07) is 17.3. The molecule has 0 aromatic heterocycles. The van der Waals surface area contributed by atoms with E-state index in [4.69, 9.17) is 4.74 Å². The standard InChI is InChI=1S/C18H22FNO/c1-14(12-13-21-2)20-18(15-6-4-3-5-7-15)16-8-10-17(19)11-9-16/h3-11,14,18,20H,12-13H2,1-2H3. The van der Waals surface area contributed by atoms with Gasteiger partial charge >= 0.3 is 0 Å². The number of hydrogen-bond acceptors (Lipinski definition) is 2. The van der Waals surface area contributed by atoms with E-state index < -0.39 is 0 Å². The highest BCUT2D eigenvalue weighted by molar-refractivity contribution is 5.31. The Labute approximate surface area is 126 Å². The quantitative estimate of drug-likeness (QED) is 0.833. The Morgan fingerprint density at radius 2 is 1.62 bits per heavy atom. The van der Waals surface area contributed by atoms with Gasteiger partial charge in [-0.1, -0.05) is 42.5 Å². The van der Waals surface area contributed by atoms with Gasteiger partial charge in [-0.2, -0.15) is 0 Å². The summed E-state index contributed by atoms with van der Waals surface area (Å²) in [6.45, 7) is 2.86. The van der Waals surface area contributed by atoms with Crippen molar-refractivity contribution >= 4 is 0 Å². The maximum Gasteiger partial charge on any atom is 0.123 e. The van der Waals surface area contributed by atoms with Crippen molar-refractivity contribution in [1.29, 1.82) is 0 Å². The smallest absolute Gasteiger partial charge is 0.123 e. The number of rotatable bonds is 7. The number of halogens is 1. The van der Waals surface area contributed by atoms with Crippen molar-refractivity contribution in [3.63, 3.8) is 0 Å². The van der Waals surface area contributed by atoms with Crippen LogP contribution in [-0.4, -0.2) is 19.8 Å². The van der Waals surface area contributed by atoms with Crippen LogP contribution in [0.5, 0.6) is 0 Å². The minimum absolute atomic E-state index is 0.0543. The number of hydrogen-bond donors (Lipinski definition) is 1. The summed E-state index contributed by atoms with van der Waals surface area (Å²) in [5.74, 6) is -0.210. The first kappa shape index (κ1) is 15.7. The summed E-state index contributed by atoms with van der Waals surface area (Å²) in [4.78, 5) is 0. The minimum Gasteiger partial charge on any atom is -0.385 e. The summed E-state index contributed by atoms with van der Waals surface area (Å²) in [7, 11) is 1.71. The highest BCUT2D eigenvalue weighted by atomic mass is 19.1. The van der Waals surface area contributed by atoms with Crippen LogP contribution in [0.2, 0.25) is 0 Å². The molecule has 0 saturated carbocycles. The zero-order valence-electron chi connectivity index (χ0n) is 12.6. The van der Waals surface area contributed by atoms with E-state index in [1.807, 2.05) is 30.3 Å². The van der Waals surface area contributed by atoms with E-state index in [-0.39, 0.29) is 11.9 Å². The first-order valence-corrected chi connectivity index (χ1v) is 7.26. The maximum atomic E-state index is 13.1. The Bertz CT molecular complexity index is 527. The molecule has 0 radical (unpaired) electrons. The largest absolute Gasteiger partial charge is 0.385 e. The first-order valence-electron chi connectivity index (χ1n) is 7.26. The van der Waals surface area contributed by atoms with E-state index in [9.17, 15) is 4.39 Å². The van der Waals surface area contributed by atoms with Gasteiger partial charge in [-0.05, 0) is 36.6 Å². The van der Waals surface area contributed by atoms with Crippen LogP contribution in [0.25, 0.3) is 0 Å². The molecule has 112 valence electrons. The second-order valence-corrected chi connectivity index (χ2v) is 5.24. The average molecular weight is 287 g/mol. The predicted molar refractivity (Wildman–Crippen MR) is 83.8 cm³/mol. The summed E-state index contributed by atoms with van der Waals surface area (Å²) in [5.41, 5.74) is 2.24. The van der Waals surface area contributed by atoms with Crippen LogP contribution in [0.4, 0.5) is 4.39 Å². The maximum absolute atomic E-state index is 13.1. The molecule has 2 atom stereocenters. The van der Waals surface area contributed by atoms with E-state index >= 15 is 0 Å². The Hall–Kier alpha value is -1.71. The average Bonchev–Trinajstić information content (AvgIpc) is 2.52. The van der Waals surface area contributed by atoms with Gasteiger partial charge in [0.25, 0.3) is 0 Å². The highest BCUT2D eigenvalue weighted by Gasteiger charge is 2.16. The second-order valence-electron chi connectivity index (χ2n) is 5.24. The lowest BCUT2D eigenvalue weighted by atomic mass is 9.97. The monoisotopic (exact) mass is 287 g/mol. The van der Waals surface area contributed by atoms with Gasteiger partial charge in [0.05, 0.1) is 6.04 Å². The molecule has 3 heteroatoms. The van der Waals surface area contributed by atoms with Crippen molar-refractivity contribution in [3.8, 4) is 0 Å². The summed E-state index contributed by atoms with van der Waals surface area (Å²) >= 11 is 0. The van der Waals surface area contributed by atoms with Gasteiger partial charge in [0.2, 0.25) is 0 Å². The van der Waals surface area contributed by atoms with Gasteiger partial charge in [0.15, 0.2) is 0 Å². The van der Waals surface area contributed by atoms with Crippen molar-refractivity contribution in [3.05, 3.63) is 71.5 Å². The molecule has 0 aliphatic rings. The molecule has 21 heavy (non-hydrogen) atoms. The fraction of sp³-hybridized carbons (Fsp3) is 0.333. The number of methoxy groups -OCH3 is 1. The molecule has 2 aromatic rings. The molecular weight excluding hydrogens is 265 g/mol. The molecule has 2 unspecified atom stereocenters. The third kappa shape index (κ3) is 4.66. The van der Waals surface area contributed by atoms with Crippen molar-refractivity contribution < 1.29 is 9.13 Å². The van der Waals surface area contributed by atoms with E-state index in [1.165, 1.54) is 17.7 Å². The molecule has 2 nitrogen and oxygen atoms in total. The second kappa shape index (κ2) is 7.91. The lowest BCUT2D eigenvalue weighted by Crippen LogP contribution is -2.32. The van der Waals surface area contributed by atoms with Crippen molar-refractivity contribution in [2.45, 2.75) is 25.4 Å². The molecule has 1 N–H and O–H groups in total. The first-order chi connectivity index (χ1) is 10.2. The normalized spacial score (nSPS) is 13.9. The molecule has 0 amide bonds. The van der Waals surface area contributed by atoms with Crippen LogP contribution in [0.3, 0.4) is 0 Å². The Morgan fingerprint density at radius 1 is 1.00 bits per heavy atom. The number of nitrogens with one attached hydrogen (secondary N) is 1. The molecular formula is C18H22FNO. The van der Waals surface area contributed by atoms with Crippen LogP contribution < -0.4 is 5.32 Å². The van der Waals surface area contributed by atoms with E-state index in [0.717, 1.165) is 18.6 Å². The van der Waals surface area contributed by atoms with Crippen LogP contribution in [0.1, 0.15) is 30.5 Å². The van der Waals surface area contributed by atoms with E-state index in [0.29, 0.717) is 6.04 Å². The highest BCUT2D eigenvalue weighted by Crippen LogP contribution is 2.23. The van der Waals surface area contributed by atoms with Crippen molar-refractivity contribution in [2.24, 2.45) is 0 Å². The van der Waals surface area contributed by atoms with Crippen LogP contribution in [-0.2, 0) is 4.74 Å². The predicted octanol–water partition coefficient (Wildman–Crippen LogP) is 3.93. The van der Waals surface area contributed by atoms with Crippen molar-refractivity contribution in [1.82, 2.24) is 5.32 Å². The lowest BCUT2D eigenvalue weighted by Gasteiger charge is -2.24. The van der Waals surface area contributed by atoms with Gasteiger partial charge in [0.1, 0.15) is 5.82 Å². The Morgan fingerprint density at radius 3 is 2.24 bits per heavy atom. The summed E-state index contributed by atoms with van der Waals surface area (Å²) in [6.07, 6.45) is 0.932. The molecule has 0 aliphatic carbocycles. The number of ether oxygens (including phenoxy) is 1. The van der Waals surface area contributed by atoms with E-state index in [1.54, 1.807) is 7.11 Å². The lowest BCUT2D eigenvalue weighted by molar-refractivity contribution is 0.183. The topological polar surface area (TPSA) is 21.3 Å². The molecule has 0 saturated heterocycles. The summed E-state index contributed by atoms with van der Waals surface area (Å²) in [5, 5.41) is 3.60. The molecule has 2 aromatic carbocycles. The fourth-order valence-electron chi connectivity index (χ4n) is 2.35. The van der Waals surface area contributed by atoms with Crippen LogP contribution >= 0.6 is 0 Å². The van der Waals surface area contributed by atoms with Gasteiger partial charge < -0.3 is 10.1 Å². The fourth-order valence-corrected chi connectivity index (χ4v) is 2.35.